The van der Waals surface area contributed by atoms with Gasteiger partial charge in [-0.15, -0.1) is 11.5 Å². The van der Waals surface area contributed by atoms with Crippen molar-refractivity contribution in [3.05, 3.63) is 0 Å². The van der Waals surface area contributed by atoms with Crippen molar-refractivity contribution >= 4 is 20.0 Å². The van der Waals surface area contributed by atoms with Crippen molar-refractivity contribution in [3.63, 3.8) is 0 Å². The van der Waals surface area contributed by atoms with Gasteiger partial charge in [0.2, 0.25) is 5.91 Å². The fourth-order valence-electron chi connectivity index (χ4n) is 1.72. The molecule has 5 nitrogen and oxygen atoms in total. The predicted molar refractivity (Wildman–Crippen MR) is 99.0 cm³/mol. The molecule has 24 heavy (non-hydrogen) atoms. The summed E-state index contributed by atoms with van der Waals surface area (Å²) >= 11 is 0. The number of aliphatic hydroxyl groups excluding tert-OH is 1. The van der Waals surface area contributed by atoms with E-state index < -0.39 is 32.1 Å². The summed E-state index contributed by atoms with van der Waals surface area (Å²) in [6.07, 6.45) is -0.611. The summed E-state index contributed by atoms with van der Waals surface area (Å²) in [6.45, 7) is 14.7. The number of hydrogen-bond donors (Lipinski definition) is 2. The highest BCUT2D eigenvalue weighted by Crippen LogP contribution is 2.35. The van der Waals surface area contributed by atoms with Crippen molar-refractivity contribution in [2.75, 3.05) is 7.11 Å². The molecule has 138 valence electrons. The summed E-state index contributed by atoms with van der Waals surface area (Å²) in [7, 11) is -0.504. The number of ether oxygens (including phenoxy) is 1. The van der Waals surface area contributed by atoms with E-state index in [1.807, 2.05) is 13.8 Å². The first-order valence-corrected chi connectivity index (χ1v) is 11.4. The number of methoxy groups -OCH3 is 1. The van der Waals surface area contributed by atoms with Crippen LogP contribution >= 0.6 is 0 Å². The van der Waals surface area contributed by atoms with Crippen LogP contribution in [-0.4, -0.2) is 44.3 Å². The van der Waals surface area contributed by atoms with E-state index in [2.05, 4.69) is 50.6 Å². The van der Waals surface area contributed by atoms with Gasteiger partial charge in [0.1, 0.15) is 20.2 Å². The lowest BCUT2D eigenvalue weighted by Crippen LogP contribution is -2.46. The van der Waals surface area contributed by atoms with E-state index in [4.69, 9.17) is 4.74 Å². The SMILES string of the molecule is COC(=O)[C@@H](CC#C[Si](C)(C)C(C)(C)C)NC(=O)[C@H](O)CC(C)C. The van der Waals surface area contributed by atoms with Gasteiger partial charge < -0.3 is 15.2 Å². The Morgan fingerprint density at radius 1 is 1.25 bits per heavy atom. The molecule has 0 saturated heterocycles. The van der Waals surface area contributed by atoms with Crippen LogP contribution in [0.25, 0.3) is 0 Å². The highest BCUT2D eigenvalue weighted by molar-refractivity contribution is 6.87. The third-order valence-electron chi connectivity index (χ3n) is 4.38. The Hall–Kier alpha value is -1.32. The second kappa shape index (κ2) is 9.24. The van der Waals surface area contributed by atoms with Gasteiger partial charge in [0.05, 0.1) is 7.11 Å². The molecule has 1 amide bonds. The van der Waals surface area contributed by atoms with E-state index in [1.165, 1.54) is 7.11 Å². The zero-order valence-corrected chi connectivity index (χ0v) is 17.3. The average molecular weight is 356 g/mol. The van der Waals surface area contributed by atoms with E-state index in [0.29, 0.717) is 6.42 Å². The number of hydrogen-bond acceptors (Lipinski definition) is 4. The summed E-state index contributed by atoms with van der Waals surface area (Å²) in [5, 5.41) is 12.5. The van der Waals surface area contributed by atoms with Gasteiger partial charge in [0.15, 0.2) is 0 Å². The first kappa shape index (κ1) is 22.7. The van der Waals surface area contributed by atoms with Gasteiger partial charge in [0, 0.05) is 6.42 Å². The first-order valence-electron chi connectivity index (χ1n) is 8.38. The largest absolute Gasteiger partial charge is 0.467 e. The molecule has 0 saturated carbocycles. The molecular formula is C18H33NO4Si. The lowest BCUT2D eigenvalue weighted by atomic mass is 10.1. The van der Waals surface area contributed by atoms with E-state index in [1.54, 1.807) is 0 Å². The lowest BCUT2D eigenvalue weighted by Gasteiger charge is -2.31. The molecule has 2 N–H and O–H groups in total. The molecule has 0 aliphatic carbocycles. The summed E-state index contributed by atoms with van der Waals surface area (Å²) in [5.41, 5.74) is 3.31. The van der Waals surface area contributed by atoms with E-state index in [0.717, 1.165) is 0 Å². The van der Waals surface area contributed by atoms with Crippen molar-refractivity contribution in [1.82, 2.24) is 5.32 Å². The number of carbonyl (C=O) groups excluding carboxylic acids is 2. The molecule has 0 radical (unpaired) electrons. The zero-order valence-electron chi connectivity index (χ0n) is 16.3. The Bertz CT molecular complexity index is 497. The van der Waals surface area contributed by atoms with Crippen LogP contribution in [0.5, 0.6) is 0 Å². The van der Waals surface area contributed by atoms with E-state index >= 15 is 0 Å². The Morgan fingerprint density at radius 3 is 2.21 bits per heavy atom. The Morgan fingerprint density at radius 2 is 1.79 bits per heavy atom. The van der Waals surface area contributed by atoms with Crippen LogP contribution in [-0.2, 0) is 14.3 Å². The number of nitrogens with one attached hydrogen (secondary N) is 1. The molecule has 0 aliphatic heterocycles. The van der Waals surface area contributed by atoms with Crippen molar-refractivity contribution in [3.8, 4) is 11.5 Å². The average Bonchev–Trinajstić information content (AvgIpc) is 2.43. The quantitative estimate of drug-likeness (QED) is 0.436. The standard InChI is InChI=1S/C18H33NO4Si/c1-13(2)12-15(20)16(21)19-14(17(22)23-6)10-9-11-24(7,8)18(3,4)5/h13-15,20H,10,12H2,1-8H3,(H,19,21)/t14-,15-/m1/s1. The molecule has 0 bridgehead atoms. The fraction of sp³-hybridized carbons (Fsp3) is 0.778. The van der Waals surface area contributed by atoms with Crippen LogP contribution in [0.15, 0.2) is 0 Å². The van der Waals surface area contributed by atoms with Crippen molar-refractivity contribution in [2.45, 2.75) is 77.7 Å². The predicted octanol–water partition coefficient (Wildman–Crippen LogP) is 2.49. The Kier molecular flexibility index (Phi) is 8.73. The number of aliphatic hydroxyl groups is 1. The van der Waals surface area contributed by atoms with Gasteiger partial charge in [-0.2, -0.15) is 0 Å². The maximum atomic E-state index is 12.0. The third-order valence-corrected chi connectivity index (χ3v) is 8.93. The van der Waals surface area contributed by atoms with Gasteiger partial charge >= 0.3 is 5.97 Å². The number of esters is 1. The maximum Gasteiger partial charge on any atom is 0.329 e. The van der Waals surface area contributed by atoms with Crippen LogP contribution in [0.2, 0.25) is 18.1 Å². The second-order valence-electron chi connectivity index (χ2n) is 8.11. The molecule has 2 atom stereocenters. The van der Waals surface area contributed by atoms with Gasteiger partial charge in [-0.3, -0.25) is 4.79 Å². The molecule has 0 heterocycles. The van der Waals surface area contributed by atoms with E-state index in [9.17, 15) is 14.7 Å². The number of amides is 1. The maximum absolute atomic E-state index is 12.0. The van der Waals surface area contributed by atoms with Gasteiger partial charge in [-0.1, -0.05) is 47.7 Å². The molecule has 0 aromatic carbocycles. The van der Waals surface area contributed by atoms with Crippen molar-refractivity contribution in [1.29, 1.82) is 0 Å². The monoisotopic (exact) mass is 355 g/mol. The normalized spacial score (nSPS) is 14.4. The molecule has 0 aliphatic rings. The molecule has 0 rings (SSSR count). The van der Waals surface area contributed by atoms with Crippen LogP contribution < -0.4 is 5.32 Å². The van der Waals surface area contributed by atoms with Gasteiger partial charge in [0.25, 0.3) is 0 Å². The molecule has 0 aromatic heterocycles. The minimum Gasteiger partial charge on any atom is -0.467 e. The van der Waals surface area contributed by atoms with Gasteiger partial charge in [-0.25, -0.2) is 4.79 Å². The van der Waals surface area contributed by atoms with Crippen LogP contribution in [0, 0.1) is 17.4 Å². The molecule has 0 unspecified atom stereocenters. The highest BCUT2D eigenvalue weighted by Gasteiger charge is 2.33. The van der Waals surface area contributed by atoms with Crippen LogP contribution in [0.3, 0.4) is 0 Å². The topological polar surface area (TPSA) is 75.6 Å². The van der Waals surface area contributed by atoms with Crippen LogP contribution in [0.1, 0.15) is 47.5 Å². The minimum absolute atomic E-state index is 0.122. The zero-order chi connectivity index (χ0) is 19.1. The molecule has 0 fully saturated rings. The Balaban J connectivity index is 5.01. The van der Waals surface area contributed by atoms with Crippen LogP contribution in [0.4, 0.5) is 0 Å². The summed E-state index contributed by atoms with van der Waals surface area (Å²) in [4.78, 5) is 23.9. The third kappa shape index (κ3) is 7.50. The minimum atomic E-state index is -1.78. The number of carbonyl (C=O) groups is 2. The molecule has 0 spiro atoms. The van der Waals surface area contributed by atoms with Crippen molar-refractivity contribution in [2.24, 2.45) is 5.92 Å². The summed E-state index contributed by atoms with van der Waals surface area (Å²) in [5.74, 6) is 2.12. The molecule has 6 heteroatoms. The summed E-state index contributed by atoms with van der Waals surface area (Å²) < 4.78 is 4.73. The highest BCUT2D eigenvalue weighted by atomic mass is 28.3. The first-order chi connectivity index (χ1) is 10.8. The molecular weight excluding hydrogens is 322 g/mol. The van der Waals surface area contributed by atoms with E-state index in [-0.39, 0.29) is 17.4 Å². The number of rotatable bonds is 6. The smallest absolute Gasteiger partial charge is 0.329 e. The lowest BCUT2D eigenvalue weighted by molar-refractivity contribution is -0.146. The summed E-state index contributed by atoms with van der Waals surface area (Å²) in [6, 6.07) is -0.860. The van der Waals surface area contributed by atoms with Crippen molar-refractivity contribution < 1.29 is 19.4 Å². The van der Waals surface area contributed by atoms with Gasteiger partial charge in [-0.05, 0) is 17.4 Å². The second-order valence-corrected chi connectivity index (χ2v) is 13.1. The Labute approximate surface area is 147 Å². The fourth-order valence-corrected chi connectivity index (χ4v) is 2.64. The molecule has 0 aromatic rings.